The highest BCUT2D eigenvalue weighted by Gasteiger charge is 2.30. The van der Waals surface area contributed by atoms with Crippen molar-refractivity contribution in [3.05, 3.63) is 0 Å². The summed E-state index contributed by atoms with van der Waals surface area (Å²) in [4.78, 5) is 27.2. The number of amides is 2. The van der Waals surface area contributed by atoms with Gasteiger partial charge in [-0.2, -0.15) is 0 Å². The molecule has 0 aromatic carbocycles. The SMILES string of the molecule is CN(CC(=O)NC1CC1)C(=O)C1COCCN1C. The molecule has 1 N–H and O–H groups in total. The molecule has 1 aliphatic heterocycles. The number of rotatable bonds is 4. The van der Waals surface area contributed by atoms with Gasteiger partial charge in [0.2, 0.25) is 11.8 Å². The highest BCUT2D eigenvalue weighted by molar-refractivity contribution is 5.87. The number of ether oxygens (including phenoxy) is 1. The van der Waals surface area contributed by atoms with Crippen LogP contribution in [0.5, 0.6) is 0 Å². The van der Waals surface area contributed by atoms with Gasteiger partial charge in [-0.25, -0.2) is 0 Å². The quantitative estimate of drug-likeness (QED) is 0.704. The molecule has 1 atom stereocenters. The molecule has 0 aromatic heterocycles. The maximum absolute atomic E-state index is 12.2. The molecule has 102 valence electrons. The number of carbonyl (C=O) groups is 2. The first-order valence-electron chi connectivity index (χ1n) is 6.40. The fourth-order valence-electron chi connectivity index (χ4n) is 2.00. The first-order valence-corrected chi connectivity index (χ1v) is 6.40. The summed E-state index contributed by atoms with van der Waals surface area (Å²) < 4.78 is 5.31. The first kappa shape index (κ1) is 13.3. The molecule has 18 heavy (non-hydrogen) atoms. The maximum Gasteiger partial charge on any atom is 0.242 e. The van der Waals surface area contributed by atoms with E-state index in [0.717, 1.165) is 19.4 Å². The zero-order chi connectivity index (χ0) is 13.1. The van der Waals surface area contributed by atoms with Crippen molar-refractivity contribution < 1.29 is 14.3 Å². The minimum absolute atomic E-state index is 0.0526. The molecule has 2 rings (SSSR count). The second-order valence-electron chi connectivity index (χ2n) is 5.11. The van der Waals surface area contributed by atoms with E-state index >= 15 is 0 Å². The van der Waals surface area contributed by atoms with E-state index in [1.165, 1.54) is 4.90 Å². The highest BCUT2D eigenvalue weighted by Crippen LogP contribution is 2.18. The van der Waals surface area contributed by atoms with Crippen molar-refractivity contribution in [2.75, 3.05) is 40.4 Å². The number of hydrogen-bond donors (Lipinski definition) is 1. The van der Waals surface area contributed by atoms with Crippen LogP contribution in [0, 0.1) is 0 Å². The minimum Gasteiger partial charge on any atom is -0.378 e. The summed E-state index contributed by atoms with van der Waals surface area (Å²) in [5.74, 6) is -0.129. The molecule has 1 heterocycles. The molecule has 2 aliphatic rings. The van der Waals surface area contributed by atoms with Crippen molar-refractivity contribution >= 4 is 11.8 Å². The van der Waals surface area contributed by atoms with Crippen LogP contribution in [0.3, 0.4) is 0 Å². The highest BCUT2D eigenvalue weighted by atomic mass is 16.5. The van der Waals surface area contributed by atoms with Gasteiger partial charge in [0.1, 0.15) is 6.04 Å². The van der Waals surface area contributed by atoms with E-state index in [0.29, 0.717) is 19.3 Å². The number of nitrogens with one attached hydrogen (secondary N) is 1. The largest absolute Gasteiger partial charge is 0.378 e. The van der Waals surface area contributed by atoms with Gasteiger partial charge in [0.25, 0.3) is 0 Å². The number of carbonyl (C=O) groups excluding carboxylic acids is 2. The lowest BCUT2D eigenvalue weighted by molar-refractivity contribution is -0.143. The molecule has 0 spiro atoms. The molecule has 2 fully saturated rings. The van der Waals surface area contributed by atoms with Gasteiger partial charge >= 0.3 is 0 Å². The van der Waals surface area contributed by atoms with Crippen LogP contribution in [0.1, 0.15) is 12.8 Å². The van der Waals surface area contributed by atoms with Crippen molar-refractivity contribution in [3.8, 4) is 0 Å². The molecule has 1 saturated heterocycles. The molecule has 0 aromatic rings. The average molecular weight is 255 g/mol. The van der Waals surface area contributed by atoms with Crippen molar-refractivity contribution in [3.63, 3.8) is 0 Å². The third kappa shape index (κ3) is 3.43. The smallest absolute Gasteiger partial charge is 0.242 e. The van der Waals surface area contributed by atoms with Crippen LogP contribution in [0.15, 0.2) is 0 Å². The lowest BCUT2D eigenvalue weighted by atomic mass is 10.2. The van der Waals surface area contributed by atoms with Gasteiger partial charge in [0.05, 0.1) is 19.8 Å². The van der Waals surface area contributed by atoms with Crippen LogP contribution in [-0.2, 0) is 14.3 Å². The summed E-state index contributed by atoms with van der Waals surface area (Å²) in [6, 6.07) is 0.0687. The zero-order valence-corrected chi connectivity index (χ0v) is 11.0. The fourth-order valence-corrected chi connectivity index (χ4v) is 2.00. The van der Waals surface area contributed by atoms with E-state index in [1.54, 1.807) is 7.05 Å². The van der Waals surface area contributed by atoms with E-state index in [-0.39, 0.29) is 24.4 Å². The average Bonchev–Trinajstić information content (AvgIpc) is 3.12. The Labute approximate surface area is 107 Å². The molecule has 6 nitrogen and oxygen atoms in total. The minimum atomic E-state index is -0.266. The summed E-state index contributed by atoms with van der Waals surface area (Å²) >= 11 is 0. The third-order valence-electron chi connectivity index (χ3n) is 3.38. The van der Waals surface area contributed by atoms with E-state index in [4.69, 9.17) is 4.74 Å². The summed E-state index contributed by atoms with van der Waals surface area (Å²) in [5, 5.41) is 2.88. The maximum atomic E-state index is 12.2. The molecule has 6 heteroatoms. The van der Waals surface area contributed by atoms with Crippen LogP contribution in [-0.4, -0.2) is 74.1 Å². The van der Waals surface area contributed by atoms with Crippen LogP contribution in [0.25, 0.3) is 0 Å². The van der Waals surface area contributed by atoms with Gasteiger partial charge < -0.3 is 15.0 Å². The third-order valence-corrected chi connectivity index (χ3v) is 3.38. The van der Waals surface area contributed by atoms with Gasteiger partial charge in [-0.3, -0.25) is 14.5 Å². The lowest BCUT2D eigenvalue weighted by Gasteiger charge is -2.33. The zero-order valence-electron chi connectivity index (χ0n) is 11.0. The van der Waals surface area contributed by atoms with Crippen LogP contribution in [0.4, 0.5) is 0 Å². The molecule has 0 radical (unpaired) electrons. The second-order valence-corrected chi connectivity index (χ2v) is 5.11. The number of nitrogens with zero attached hydrogens (tertiary/aromatic N) is 2. The van der Waals surface area contributed by atoms with Gasteiger partial charge in [0, 0.05) is 19.6 Å². The van der Waals surface area contributed by atoms with E-state index in [1.807, 2.05) is 11.9 Å². The first-order chi connectivity index (χ1) is 8.58. The summed E-state index contributed by atoms with van der Waals surface area (Å²) in [5.41, 5.74) is 0. The molecular weight excluding hydrogens is 234 g/mol. The molecular formula is C12H21N3O3. The molecule has 2 amide bonds. The monoisotopic (exact) mass is 255 g/mol. The van der Waals surface area contributed by atoms with Gasteiger partial charge in [0.15, 0.2) is 0 Å². The molecule has 1 aliphatic carbocycles. The Hall–Kier alpha value is -1.14. The Bertz CT molecular complexity index is 331. The predicted octanol–water partition coefficient (Wildman–Crippen LogP) is -0.946. The number of likely N-dealkylation sites (N-methyl/N-ethyl adjacent to an activating group) is 2. The van der Waals surface area contributed by atoms with Gasteiger partial charge in [-0.15, -0.1) is 0 Å². The summed E-state index contributed by atoms with van der Waals surface area (Å²) in [7, 11) is 3.57. The molecule has 1 saturated carbocycles. The van der Waals surface area contributed by atoms with Crippen LogP contribution < -0.4 is 5.32 Å². The number of morpholine rings is 1. The van der Waals surface area contributed by atoms with Crippen LogP contribution in [0.2, 0.25) is 0 Å². The Morgan fingerprint density at radius 1 is 1.44 bits per heavy atom. The van der Waals surface area contributed by atoms with E-state index in [2.05, 4.69) is 5.32 Å². The Kier molecular flexibility index (Phi) is 4.19. The van der Waals surface area contributed by atoms with Gasteiger partial charge in [-0.05, 0) is 19.9 Å². The molecule has 0 bridgehead atoms. The topological polar surface area (TPSA) is 61.9 Å². The number of hydrogen-bond acceptors (Lipinski definition) is 4. The normalized spacial score (nSPS) is 24.7. The van der Waals surface area contributed by atoms with E-state index in [9.17, 15) is 9.59 Å². The predicted molar refractivity (Wildman–Crippen MR) is 66.0 cm³/mol. The Morgan fingerprint density at radius 2 is 2.17 bits per heavy atom. The second kappa shape index (κ2) is 5.67. The fraction of sp³-hybridized carbons (Fsp3) is 0.833. The lowest BCUT2D eigenvalue weighted by Crippen LogP contribution is -2.53. The Morgan fingerprint density at radius 3 is 2.78 bits per heavy atom. The standard InChI is InChI=1S/C12H21N3O3/c1-14-5-6-18-8-10(14)12(17)15(2)7-11(16)13-9-3-4-9/h9-10H,3-8H2,1-2H3,(H,13,16). The van der Waals surface area contributed by atoms with Crippen molar-refractivity contribution in [2.45, 2.75) is 24.9 Å². The summed E-state index contributed by atoms with van der Waals surface area (Å²) in [6.07, 6.45) is 2.12. The van der Waals surface area contributed by atoms with Crippen molar-refractivity contribution in [1.82, 2.24) is 15.1 Å². The Balaban J connectivity index is 1.80. The van der Waals surface area contributed by atoms with E-state index < -0.39 is 0 Å². The van der Waals surface area contributed by atoms with Crippen molar-refractivity contribution in [2.24, 2.45) is 0 Å². The van der Waals surface area contributed by atoms with Gasteiger partial charge in [-0.1, -0.05) is 0 Å². The summed E-state index contributed by atoms with van der Waals surface area (Å²) in [6.45, 7) is 1.94. The van der Waals surface area contributed by atoms with Crippen molar-refractivity contribution in [1.29, 1.82) is 0 Å². The molecule has 1 unspecified atom stereocenters. The van der Waals surface area contributed by atoms with Crippen LogP contribution >= 0.6 is 0 Å².